The van der Waals surface area contributed by atoms with E-state index in [-0.39, 0.29) is 0 Å². The summed E-state index contributed by atoms with van der Waals surface area (Å²) in [5.41, 5.74) is 2.99. The zero-order valence-corrected chi connectivity index (χ0v) is 7.73. The van der Waals surface area contributed by atoms with Gasteiger partial charge in [0.15, 0.2) is 0 Å². The number of hydrogen-bond acceptors (Lipinski definition) is 3. The number of hydrogen-bond donors (Lipinski definition) is 0. The van der Waals surface area contributed by atoms with Gasteiger partial charge in [0.25, 0.3) is 0 Å². The van der Waals surface area contributed by atoms with Gasteiger partial charge in [0, 0.05) is 11.8 Å². The molecular weight excluding hydrogens is 162 g/mol. The van der Waals surface area contributed by atoms with E-state index in [0.29, 0.717) is 5.92 Å². The molecule has 2 rings (SSSR count). The Bertz CT molecular complexity index is 418. The van der Waals surface area contributed by atoms with Gasteiger partial charge in [0.05, 0.1) is 11.7 Å². The predicted octanol–water partition coefficient (Wildman–Crippen LogP) is 2.15. The van der Waals surface area contributed by atoms with Crippen LogP contribution < -0.4 is 0 Å². The molecule has 0 aliphatic rings. The molecule has 0 aliphatic heterocycles. The summed E-state index contributed by atoms with van der Waals surface area (Å²) in [6.07, 6.45) is 3.58. The molecule has 0 N–H and O–H groups in total. The molecule has 0 amide bonds. The van der Waals surface area contributed by atoms with Gasteiger partial charge >= 0.3 is 0 Å². The Labute approximate surface area is 76.8 Å². The van der Waals surface area contributed by atoms with Gasteiger partial charge in [-0.25, -0.2) is 0 Å². The normalized spacial score (nSPS) is 11.0. The van der Waals surface area contributed by atoms with Gasteiger partial charge in [-0.3, -0.25) is 4.98 Å². The molecule has 0 unspecified atom stereocenters. The summed E-state index contributed by atoms with van der Waals surface area (Å²) in [5, 5.41) is 7.96. The lowest BCUT2D eigenvalue weighted by Gasteiger charge is -2.05. The van der Waals surface area contributed by atoms with Crippen LogP contribution in [0.3, 0.4) is 0 Å². The molecule has 0 saturated heterocycles. The van der Waals surface area contributed by atoms with Crippen molar-refractivity contribution < 1.29 is 0 Å². The van der Waals surface area contributed by atoms with Crippen LogP contribution in [0.15, 0.2) is 24.5 Å². The maximum absolute atomic E-state index is 4.30. The Morgan fingerprint density at radius 3 is 2.92 bits per heavy atom. The van der Waals surface area contributed by atoms with Crippen molar-refractivity contribution in [3.8, 4) is 0 Å². The van der Waals surface area contributed by atoms with E-state index in [1.807, 2.05) is 12.1 Å². The molecule has 3 nitrogen and oxygen atoms in total. The maximum Gasteiger partial charge on any atom is 0.112 e. The Hall–Kier alpha value is -1.51. The molecule has 13 heavy (non-hydrogen) atoms. The summed E-state index contributed by atoms with van der Waals surface area (Å²) in [6, 6.07) is 3.81. The van der Waals surface area contributed by atoms with E-state index in [0.717, 1.165) is 16.6 Å². The molecule has 0 fully saturated rings. The first-order valence-corrected chi connectivity index (χ1v) is 4.35. The molecule has 0 radical (unpaired) electrons. The SMILES string of the molecule is CC(C)c1cnnc2cccnc12. The summed E-state index contributed by atoms with van der Waals surface area (Å²) >= 11 is 0. The summed E-state index contributed by atoms with van der Waals surface area (Å²) in [5.74, 6) is 0.438. The third kappa shape index (κ3) is 1.37. The van der Waals surface area contributed by atoms with Gasteiger partial charge in [-0.2, -0.15) is 5.10 Å². The first-order chi connectivity index (χ1) is 6.29. The highest BCUT2D eigenvalue weighted by Crippen LogP contribution is 2.19. The lowest BCUT2D eigenvalue weighted by molar-refractivity contribution is 0.853. The number of pyridine rings is 1. The van der Waals surface area contributed by atoms with Crippen LogP contribution in [0.1, 0.15) is 25.3 Å². The van der Waals surface area contributed by atoms with Gasteiger partial charge < -0.3 is 0 Å². The van der Waals surface area contributed by atoms with Gasteiger partial charge in [0.1, 0.15) is 5.52 Å². The standard InChI is InChI=1S/C10H11N3/c1-7(2)8-6-12-13-9-4-3-5-11-10(8)9/h3-7H,1-2H3. The zero-order chi connectivity index (χ0) is 9.26. The summed E-state index contributed by atoms with van der Waals surface area (Å²) in [7, 11) is 0. The average molecular weight is 173 g/mol. The highest BCUT2D eigenvalue weighted by atomic mass is 15.1. The van der Waals surface area contributed by atoms with E-state index in [1.165, 1.54) is 0 Å². The van der Waals surface area contributed by atoms with Gasteiger partial charge in [-0.05, 0) is 18.1 Å². The molecule has 0 aliphatic carbocycles. The van der Waals surface area contributed by atoms with Crippen molar-refractivity contribution in [3.63, 3.8) is 0 Å². The quantitative estimate of drug-likeness (QED) is 0.663. The van der Waals surface area contributed by atoms with Crippen molar-refractivity contribution in [3.05, 3.63) is 30.1 Å². The first kappa shape index (κ1) is 8.10. The number of nitrogens with zero attached hydrogens (tertiary/aromatic N) is 3. The molecule has 2 heterocycles. The fourth-order valence-electron chi connectivity index (χ4n) is 1.34. The predicted molar refractivity (Wildman–Crippen MR) is 51.4 cm³/mol. The van der Waals surface area contributed by atoms with E-state index in [2.05, 4.69) is 29.0 Å². The van der Waals surface area contributed by atoms with Crippen LogP contribution >= 0.6 is 0 Å². The fraction of sp³-hybridized carbons (Fsp3) is 0.300. The molecule has 3 heteroatoms. The zero-order valence-electron chi connectivity index (χ0n) is 7.73. The Kier molecular flexibility index (Phi) is 1.93. The second-order valence-corrected chi connectivity index (χ2v) is 3.33. The van der Waals surface area contributed by atoms with Crippen molar-refractivity contribution in [2.75, 3.05) is 0 Å². The van der Waals surface area contributed by atoms with E-state index < -0.39 is 0 Å². The Morgan fingerprint density at radius 2 is 2.15 bits per heavy atom. The number of aromatic nitrogens is 3. The second kappa shape index (κ2) is 3.09. The van der Waals surface area contributed by atoms with Gasteiger partial charge in [-0.15, -0.1) is 5.10 Å². The third-order valence-corrected chi connectivity index (χ3v) is 2.04. The lowest BCUT2D eigenvalue weighted by Crippen LogP contribution is -1.95. The van der Waals surface area contributed by atoms with Crippen LogP contribution in [0.2, 0.25) is 0 Å². The monoisotopic (exact) mass is 173 g/mol. The minimum Gasteiger partial charge on any atom is -0.254 e. The summed E-state index contributed by atoms with van der Waals surface area (Å²) in [4.78, 5) is 4.30. The van der Waals surface area contributed by atoms with Gasteiger partial charge in [-0.1, -0.05) is 13.8 Å². The van der Waals surface area contributed by atoms with Crippen LogP contribution in [0.4, 0.5) is 0 Å². The van der Waals surface area contributed by atoms with Crippen molar-refractivity contribution in [2.45, 2.75) is 19.8 Å². The van der Waals surface area contributed by atoms with Crippen LogP contribution in [-0.2, 0) is 0 Å². The van der Waals surface area contributed by atoms with Crippen molar-refractivity contribution in [2.24, 2.45) is 0 Å². The van der Waals surface area contributed by atoms with E-state index in [4.69, 9.17) is 0 Å². The summed E-state index contributed by atoms with van der Waals surface area (Å²) < 4.78 is 0. The van der Waals surface area contributed by atoms with E-state index >= 15 is 0 Å². The van der Waals surface area contributed by atoms with Crippen LogP contribution in [0, 0.1) is 0 Å². The Balaban J connectivity index is 2.76. The fourth-order valence-corrected chi connectivity index (χ4v) is 1.34. The molecule has 0 atom stereocenters. The van der Waals surface area contributed by atoms with E-state index in [9.17, 15) is 0 Å². The number of rotatable bonds is 1. The minimum atomic E-state index is 0.438. The highest BCUT2D eigenvalue weighted by molar-refractivity contribution is 5.76. The third-order valence-electron chi connectivity index (χ3n) is 2.04. The average Bonchev–Trinajstić information content (AvgIpc) is 2.17. The smallest absolute Gasteiger partial charge is 0.112 e. The van der Waals surface area contributed by atoms with Crippen molar-refractivity contribution in [1.29, 1.82) is 0 Å². The molecule has 66 valence electrons. The summed E-state index contributed by atoms with van der Waals surface area (Å²) in [6.45, 7) is 4.26. The molecule has 0 saturated carbocycles. The topological polar surface area (TPSA) is 38.7 Å². The Morgan fingerprint density at radius 1 is 1.31 bits per heavy atom. The minimum absolute atomic E-state index is 0.438. The molecule has 2 aromatic rings. The highest BCUT2D eigenvalue weighted by Gasteiger charge is 2.06. The first-order valence-electron chi connectivity index (χ1n) is 4.35. The molecule has 2 aromatic heterocycles. The van der Waals surface area contributed by atoms with Crippen molar-refractivity contribution >= 4 is 11.0 Å². The van der Waals surface area contributed by atoms with Crippen LogP contribution in [-0.4, -0.2) is 15.2 Å². The second-order valence-electron chi connectivity index (χ2n) is 3.33. The van der Waals surface area contributed by atoms with E-state index in [1.54, 1.807) is 12.4 Å². The molecule has 0 spiro atoms. The van der Waals surface area contributed by atoms with Crippen molar-refractivity contribution in [1.82, 2.24) is 15.2 Å². The lowest BCUT2D eigenvalue weighted by atomic mass is 10.0. The van der Waals surface area contributed by atoms with Gasteiger partial charge in [0.2, 0.25) is 0 Å². The maximum atomic E-state index is 4.30. The largest absolute Gasteiger partial charge is 0.254 e. The number of fused-ring (bicyclic) bond motifs is 1. The molecule has 0 bridgehead atoms. The molecular formula is C10H11N3. The van der Waals surface area contributed by atoms with Crippen LogP contribution in [0.25, 0.3) is 11.0 Å². The molecule has 0 aromatic carbocycles. The van der Waals surface area contributed by atoms with Crippen LogP contribution in [0.5, 0.6) is 0 Å².